The van der Waals surface area contributed by atoms with Crippen LogP contribution in [0.1, 0.15) is 25.0 Å². The van der Waals surface area contributed by atoms with Crippen molar-refractivity contribution in [1.29, 1.82) is 0 Å². The van der Waals surface area contributed by atoms with E-state index in [-0.39, 0.29) is 40.6 Å². The van der Waals surface area contributed by atoms with Crippen molar-refractivity contribution in [3.63, 3.8) is 0 Å². The lowest BCUT2D eigenvalue weighted by Gasteiger charge is -2.34. The maximum atomic E-state index is 14.0. The number of hydrogen-bond donors (Lipinski definition) is 1. The third-order valence-electron chi connectivity index (χ3n) is 5.76. The highest BCUT2D eigenvalue weighted by Crippen LogP contribution is 2.28. The molecule has 7 nitrogen and oxygen atoms in total. The van der Waals surface area contributed by atoms with Gasteiger partial charge in [-0.05, 0) is 55.3 Å². The van der Waals surface area contributed by atoms with E-state index in [1.165, 1.54) is 23.1 Å². The second kappa shape index (κ2) is 13.7. The maximum Gasteiger partial charge on any atom is 0.244 e. The van der Waals surface area contributed by atoms with Crippen LogP contribution in [-0.4, -0.2) is 50.0 Å². The van der Waals surface area contributed by atoms with E-state index in [1.54, 1.807) is 0 Å². The van der Waals surface area contributed by atoms with Crippen molar-refractivity contribution in [2.75, 3.05) is 17.1 Å². The molecule has 1 atom stereocenters. The van der Waals surface area contributed by atoms with Crippen molar-refractivity contribution >= 4 is 66.7 Å². The Morgan fingerprint density at radius 1 is 0.923 bits per heavy atom. The van der Waals surface area contributed by atoms with Crippen LogP contribution in [0, 0.1) is 0 Å². The topological polar surface area (TPSA) is 86.8 Å². The van der Waals surface area contributed by atoms with E-state index in [0.717, 1.165) is 26.2 Å². The average molecular weight is 655 g/mol. The van der Waals surface area contributed by atoms with Gasteiger partial charge in [0.05, 0.1) is 11.9 Å². The van der Waals surface area contributed by atoms with Crippen LogP contribution in [-0.2, 0) is 32.6 Å². The number of rotatable bonds is 11. The molecule has 0 fully saturated rings. The first-order chi connectivity index (χ1) is 18.3. The molecule has 208 valence electrons. The van der Waals surface area contributed by atoms with E-state index < -0.39 is 28.5 Å². The molecule has 0 spiro atoms. The van der Waals surface area contributed by atoms with Gasteiger partial charge in [-0.15, -0.1) is 0 Å². The van der Waals surface area contributed by atoms with E-state index in [9.17, 15) is 18.0 Å². The third-order valence-corrected chi connectivity index (χ3v) is 7.83. The highest BCUT2D eigenvalue weighted by atomic mass is 79.9. The lowest BCUT2D eigenvalue weighted by Crippen LogP contribution is -2.54. The smallest absolute Gasteiger partial charge is 0.244 e. The zero-order chi connectivity index (χ0) is 28.7. The van der Waals surface area contributed by atoms with Crippen LogP contribution in [0.3, 0.4) is 0 Å². The highest BCUT2D eigenvalue weighted by Gasteiger charge is 2.33. The average Bonchev–Trinajstić information content (AvgIpc) is 2.83. The van der Waals surface area contributed by atoms with Gasteiger partial charge in [0.15, 0.2) is 0 Å². The zero-order valence-electron chi connectivity index (χ0n) is 21.8. The molecule has 0 aliphatic carbocycles. The molecule has 0 heterocycles. The maximum absolute atomic E-state index is 14.0. The van der Waals surface area contributed by atoms with Gasteiger partial charge < -0.3 is 10.2 Å². The minimum absolute atomic E-state index is 0.0786. The molecule has 0 aromatic heterocycles. The normalized spacial score (nSPS) is 12.2. The summed E-state index contributed by atoms with van der Waals surface area (Å²) in [7, 11) is -3.92. The van der Waals surface area contributed by atoms with E-state index in [0.29, 0.717) is 0 Å². The van der Waals surface area contributed by atoms with E-state index in [1.807, 2.05) is 68.4 Å². The summed E-state index contributed by atoms with van der Waals surface area (Å²) in [5.41, 5.74) is 1.77. The van der Waals surface area contributed by atoms with E-state index >= 15 is 0 Å². The summed E-state index contributed by atoms with van der Waals surface area (Å²) in [5, 5.41) is 3.37. The number of amides is 2. The third kappa shape index (κ3) is 9.24. The molecule has 0 radical (unpaired) electrons. The van der Waals surface area contributed by atoms with Crippen LogP contribution in [0.2, 0.25) is 10.0 Å². The largest absolute Gasteiger partial charge is 0.352 e. The molecule has 3 aromatic rings. The van der Waals surface area contributed by atoms with Crippen molar-refractivity contribution in [2.45, 2.75) is 38.9 Å². The Bertz CT molecular complexity index is 1400. The van der Waals surface area contributed by atoms with Gasteiger partial charge >= 0.3 is 0 Å². The molecule has 0 aliphatic rings. The van der Waals surface area contributed by atoms with Crippen molar-refractivity contribution in [3.8, 4) is 0 Å². The fraction of sp³-hybridized carbons (Fsp3) is 0.286. The summed E-state index contributed by atoms with van der Waals surface area (Å²) in [6.45, 7) is 3.21. The van der Waals surface area contributed by atoms with Crippen LogP contribution in [0.25, 0.3) is 0 Å². The van der Waals surface area contributed by atoms with Gasteiger partial charge in [-0.3, -0.25) is 13.9 Å². The first-order valence-corrected chi connectivity index (χ1v) is 15.5. The number of benzene rings is 3. The summed E-state index contributed by atoms with van der Waals surface area (Å²) in [6.07, 6.45) is 1.24. The number of sulfonamides is 1. The van der Waals surface area contributed by atoms with Crippen LogP contribution < -0.4 is 9.62 Å². The predicted molar refractivity (Wildman–Crippen MR) is 161 cm³/mol. The van der Waals surface area contributed by atoms with Crippen molar-refractivity contribution in [1.82, 2.24) is 10.2 Å². The molecule has 0 unspecified atom stereocenters. The second-order valence-corrected chi connectivity index (χ2v) is 13.1. The number of halogens is 3. The molecule has 11 heteroatoms. The zero-order valence-corrected chi connectivity index (χ0v) is 25.7. The van der Waals surface area contributed by atoms with Gasteiger partial charge in [-0.25, -0.2) is 8.42 Å². The Labute approximate surface area is 248 Å². The van der Waals surface area contributed by atoms with Gasteiger partial charge in [0.2, 0.25) is 21.8 Å². The first-order valence-electron chi connectivity index (χ1n) is 12.2. The van der Waals surface area contributed by atoms with Gasteiger partial charge in [0.25, 0.3) is 0 Å². The molecular formula is C28H30BrCl2N3O4S. The van der Waals surface area contributed by atoms with Crippen LogP contribution in [0.4, 0.5) is 5.69 Å². The quantitative estimate of drug-likeness (QED) is 0.288. The molecular weight excluding hydrogens is 625 g/mol. The van der Waals surface area contributed by atoms with Crippen molar-refractivity contribution < 1.29 is 18.0 Å². The fourth-order valence-corrected chi connectivity index (χ4v) is 5.86. The Kier molecular flexibility index (Phi) is 10.8. The van der Waals surface area contributed by atoms with Gasteiger partial charge in [-0.1, -0.05) is 81.6 Å². The summed E-state index contributed by atoms with van der Waals surface area (Å²) in [4.78, 5) is 29.0. The Morgan fingerprint density at radius 2 is 1.54 bits per heavy atom. The Morgan fingerprint density at radius 3 is 2.10 bits per heavy atom. The molecule has 39 heavy (non-hydrogen) atoms. The summed E-state index contributed by atoms with van der Waals surface area (Å²) in [6, 6.07) is 20.0. The Hall–Kier alpha value is -2.59. The van der Waals surface area contributed by atoms with Crippen LogP contribution in [0.5, 0.6) is 0 Å². The monoisotopic (exact) mass is 653 g/mol. The number of nitrogens with one attached hydrogen (secondary N) is 1. The summed E-state index contributed by atoms with van der Waals surface area (Å²) < 4.78 is 27.4. The molecule has 2 amide bonds. The minimum atomic E-state index is -3.92. The summed E-state index contributed by atoms with van der Waals surface area (Å²) in [5.74, 6) is -0.898. The molecule has 0 aliphatic heterocycles. The molecule has 0 saturated heterocycles. The first kappa shape index (κ1) is 30.9. The minimum Gasteiger partial charge on any atom is -0.352 e. The second-order valence-electron chi connectivity index (χ2n) is 9.42. The predicted octanol–water partition coefficient (Wildman–Crippen LogP) is 5.69. The lowest BCUT2D eigenvalue weighted by atomic mass is 10.0. The van der Waals surface area contributed by atoms with E-state index in [4.69, 9.17) is 23.2 Å². The number of carbonyl (C=O) groups is 2. The molecule has 3 aromatic carbocycles. The molecule has 0 bridgehead atoms. The highest BCUT2D eigenvalue weighted by molar-refractivity contribution is 9.10. The SMILES string of the molecule is CC(C)NC(=O)[C@H](Cc1ccccc1)N(Cc1cccc(Br)c1)C(=O)CN(c1cc(Cl)cc(Cl)c1)S(C)(=O)=O. The number of nitrogens with zero attached hydrogens (tertiary/aromatic N) is 2. The number of carbonyl (C=O) groups excluding carboxylic acids is 2. The van der Waals surface area contributed by atoms with Gasteiger partial charge in [0.1, 0.15) is 12.6 Å². The summed E-state index contributed by atoms with van der Waals surface area (Å²) >= 11 is 15.7. The molecule has 3 rings (SSSR count). The Balaban J connectivity index is 2.07. The van der Waals surface area contributed by atoms with Crippen molar-refractivity contribution in [2.24, 2.45) is 0 Å². The number of hydrogen-bond acceptors (Lipinski definition) is 4. The van der Waals surface area contributed by atoms with Crippen LogP contribution in [0.15, 0.2) is 77.3 Å². The lowest BCUT2D eigenvalue weighted by molar-refractivity contribution is -0.140. The van der Waals surface area contributed by atoms with Crippen molar-refractivity contribution in [3.05, 3.63) is 98.4 Å². The van der Waals surface area contributed by atoms with Crippen LogP contribution >= 0.6 is 39.1 Å². The molecule has 1 N–H and O–H groups in total. The van der Waals surface area contributed by atoms with Gasteiger partial charge in [0, 0.05) is 33.5 Å². The standard InChI is InChI=1S/C28H30BrCl2N3O4S/c1-19(2)32-28(36)26(13-20-8-5-4-6-9-20)33(17-21-10-7-11-22(29)12-21)27(35)18-34(39(3,37)38)25-15-23(30)14-24(31)16-25/h4-12,14-16,19,26H,13,17-18H2,1-3H3,(H,32,36)/t26-/m0/s1. The molecule has 0 saturated carbocycles. The number of anilines is 1. The fourth-order valence-electron chi connectivity index (χ4n) is 4.06. The van der Waals surface area contributed by atoms with E-state index in [2.05, 4.69) is 21.2 Å². The van der Waals surface area contributed by atoms with Gasteiger partial charge in [-0.2, -0.15) is 0 Å².